The molecule has 2 heterocycles. The Morgan fingerprint density at radius 1 is 1.28 bits per heavy atom. The van der Waals surface area contributed by atoms with Crippen LogP contribution in [0.5, 0.6) is 0 Å². The number of carbonyl (C=O) groups excluding carboxylic acids is 1. The highest BCUT2D eigenvalue weighted by molar-refractivity contribution is 7.80. The zero-order valence-corrected chi connectivity index (χ0v) is 16.9. The van der Waals surface area contributed by atoms with Gasteiger partial charge in [0.25, 0.3) is 11.6 Å². The van der Waals surface area contributed by atoms with E-state index in [1.165, 1.54) is 35.6 Å². The maximum atomic E-state index is 12.4. The topological polar surface area (TPSA) is 121 Å². The number of carbonyl (C=O) groups is 1. The summed E-state index contributed by atoms with van der Waals surface area (Å²) in [7, 11) is 0. The van der Waals surface area contributed by atoms with Crippen molar-refractivity contribution in [2.24, 2.45) is 0 Å². The number of thiocarbonyl (C=S) groups is 1. The lowest BCUT2D eigenvalue weighted by atomic mass is 10.1. The van der Waals surface area contributed by atoms with Gasteiger partial charge in [-0.25, -0.2) is 0 Å². The Bertz CT molecular complexity index is 1170. The molecule has 0 saturated carbocycles. The fourth-order valence-corrected chi connectivity index (χ4v) is 3.87. The third-order valence-corrected chi connectivity index (χ3v) is 5.47. The molecule has 1 aromatic carbocycles. The van der Waals surface area contributed by atoms with Crippen molar-refractivity contribution in [1.29, 1.82) is 5.26 Å². The summed E-state index contributed by atoms with van der Waals surface area (Å²) in [4.78, 5) is 24.0. The van der Waals surface area contributed by atoms with Crippen molar-refractivity contribution in [2.45, 2.75) is 13.8 Å². The minimum absolute atomic E-state index is 0.0105. The van der Waals surface area contributed by atoms with Crippen LogP contribution in [0.3, 0.4) is 0 Å². The number of hydrogen-bond acceptors (Lipinski definition) is 7. The molecule has 0 fully saturated rings. The Morgan fingerprint density at radius 3 is 2.69 bits per heavy atom. The molecular formula is C19H14N4O4S2. The van der Waals surface area contributed by atoms with Gasteiger partial charge in [-0.3, -0.25) is 20.2 Å². The van der Waals surface area contributed by atoms with Crippen LogP contribution < -0.4 is 10.6 Å². The summed E-state index contributed by atoms with van der Waals surface area (Å²) in [6.07, 6.45) is 0. The smallest absolute Gasteiger partial charge is 0.293 e. The highest BCUT2D eigenvalue weighted by Gasteiger charge is 2.20. The van der Waals surface area contributed by atoms with Gasteiger partial charge in [0.05, 0.1) is 16.1 Å². The van der Waals surface area contributed by atoms with Gasteiger partial charge in [0.2, 0.25) is 0 Å². The molecule has 0 aliphatic rings. The molecule has 0 unspecified atom stereocenters. The van der Waals surface area contributed by atoms with E-state index in [0.29, 0.717) is 10.6 Å². The van der Waals surface area contributed by atoms with Gasteiger partial charge >= 0.3 is 0 Å². The SMILES string of the molecule is Cc1sc(NC(=S)NC(=O)c2ccc(-c3ccccc3[N+](=O)[O-])o2)c(C#N)c1C. The standard InChI is InChI=1S/C19H14N4O4S2/c1-10-11(2)29-18(13(10)9-20)22-19(28)21-17(24)16-8-7-15(27-16)12-5-3-4-6-14(12)23(25)26/h3-8H,1-2H3,(H2,21,22,24,28). The second kappa shape index (κ2) is 8.22. The van der Waals surface area contributed by atoms with Crippen molar-refractivity contribution in [3.8, 4) is 17.4 Å². The second-order valence-electron chi connectivity index (χ2n) is 5.95. The number of amides is 1. The van der Waals surface area contributed by atoms with Gasteiger partial charge in [-0.1, -0.05) is 12.1 Å². The van der Waals surface area contributed by atoms with Crippen molar-refractivity contribution < 1.29 is 14.1 Å². The van der Waals surface area contributed by atoms with E-state index in [9.17, 15) is 20.2 Å². The number of anilines is 1. The number of nitro benzene ring substituents is 1. The first kappa shape index (κ1) is 20.2. The lowest BCUT2D eigenvalue weighted by molar-refractivity contribution is -0.384. The molecule has 0 bridgehead atoms. The summed E-state index contributed by atoms with van der Waals surface area (Å²) in [6, 6.07) is 11.1. The molecule has 29 heavy (non-hydrogen) atoms. The number of furan rings is 1. The Labute approximate surface area is 174 Å². The number of para-hydroxylation sites is 1. The summed E-state index contributed by atoms with van der Waals surface area (Å²) in [5.41, 5.74) is 1.47. The number of rotatable bonds is 4. The number of nitro groups is 1. The maximum absolute atomic E-state index is 12.4. The highest BCUT2D eigenvalue weighted by Crippen LogP contribution is 2.32. The lowest BCUT2D eigenvalue weighted by Crippen LogP contribution is -2.33. The molecule has 8 nitrogen and oxygen atoms in total. The van der Waals surface area contributed by atoms with Crippen molar-refractivity contribution in [2.75, 3.05) is 5.32 Å². The molecule has 0 radical (unpaired) electrons. The molecule has 1 amide bonds. The Morgan fingerprint density at radius 2 is 2.00 bits per heavy atom. The summed E-state index contributed by atoms with van der Waals surface area (Å²) >= 11 is 6.51. The third-order valence-electron chi connectivity index (χ3n) is 4.15. The predicted octanol–water partition coefficient (Wildman–Crippen LogP) is 4.53. The molecule has 10 heteroatoms. The fraction of sp³-hybridized carbons (Fsp3) is 0.105. The largest absolute Gasteiger partial charge is 0.451 e. The van der Waals surface area contributed by atoms with Crippen LogP contribution in [0.15, 0.2) is 40.8 Å². The van der Waals surface area contributed by atoms with Crippen molar-refractivity contribution in [1.82, 2.24) is 5.32 Å². The number of aryl methyl sites for hydroxylation is 1. The first-order valence-electron chi connectivity index (χ1n) is 8.28. The lowest BCUT2D eigenvalue weighted by Gasteiger charge is -2.07. The number of benzene rings is 1. The van der Waals surface area contributed by atoms with Crippen LogP contribution >= 0.6 is 23.6 Å². The quantitative estimate of drug-likeness (QED) is 0.357. The molecular weight excluding hydrogens is 412 g/mol. The third kappa shape index (κ3) is 4.16. The first-order chi connectivity index (χ1) is 13.8. The van der Waals surface area contributed by atoms with E-state index >= 15 is 0 Å². The Hall–Kier alpha value is -3.55. The molecule has 0 saturated heterocycles. The van der Waals surface area contributed by atoms with Crippen molar-refractivity contribution in [3.05, 3.63) is 68.3 Å². The highest BCUT2D eigenvalue weighted by atomic mass is 32.1. The molecule has 2 aromatic heterocycles. The van der Waals surface area contributed by atoms with Crippen LogP contribution in [-0.4, -0.2) is 15.9 Å². The van der Waals surface area contributed by atoms with Gasteiger partial charge in [-0.05, 0) is 49.8 Å². The summed E-state index contributed by atoms with van der Waals surface area (Å²) < 4.78 is 5.49. The number of nitrogens with zero attached hydrogens (tertiary/aromatic N) is 2. The number of thiophene rings is 1. The second-order valence-corrected chi connectivity index (χ2v) is 7.58. The minimum Gasteiger partial charge on any atom is -0.451 e. The van der Waals surface area contributed by atoms with E-state index in [0.717, 1.165) is 10.4 Å². The van der Waals surface area contributed by atoms with E-state index in [1.54, 1.807) is 12.1 Å². The number of nitriles is 1. The zero-order valence-electron chi connectivity index (χ0n) is 15.3. The van der Waals surface area contributed by atoms with Gasteiger partial charge in [0.15, 0.2) is 10.9 Å². The van der Waals surface area contributed by atoms with E-state index in [2.05, 4.69) is 16.7 Å². The van der Waals surface area contributed by atoms with Gasteiger partial charge in [0, 0.05) is 10.9 Å². The van der Waals surface area contributed by atoms with Gasteiger partial charge in [0.1, 0.15) is 16.8 Å². The van der Waals surface area contributed by atoms with E-state index < -0.39 is 10.8 Å². The normalized spacial score (nSPS) is 10.2. The minimum atomic E-state index is -0.615. The monoisotopic (exact) mass is 426 g/mol. The number of nitrogens with one attached hydrogen (secondary N) is 2. The Balaban J connectivity index is 1.75. The molecule has 0 atom stereocenters. The summed E-state index contributed by atoms with van der Waals surface area (Å²) in [5.74, 6) is -0.477. The molecule has 0 aliphatic heterocycles. The molecule has 3 aromatic rings. The van der Waals surface area contributed by atoms with Crippen molar-refractivity contribution >= 4 is 45.3 Å². The van der Waals surface area contributed by atoms with Crippen molar-refractivity contribution in [3.63, 3.8) is 0 Å². The first-order valence-corrected chi connectivity index (χ1v) is 9.50. The van der Waals surface area contributed by atoms with Crippen LogP contribution in [0.1, 0.15) is 26.6 Å². The number of hydrogen-bond donors (Lipinski definition) is 2. The molecule has 146 valence electrons. The fourth-order valence-electron chi connectivity index (χ4n) is 2.59. The predicted molar refractivity (Wildman–Crippen MR) is 113 cm³/mol. The maximum Gasteiger partial charge on any atom is 0.293 e. The van der Waals surface area contributed by atoms with Crippen LogP contribution in [0.25, 0.3) is 11.3 Å². The van der Waals surface area contributed by atoms with Crippen LogP contribution in [0, 0.1) is 35.3 Å². The van der Waals surface area contributed by atoms with E-state index in [1.807, 2.05) is 13.8 Å². The van der Waals surface area contributed by atoms with Gasteiger partial charge in [-0.2, -0.15) is 5.26 Å². The summed E-state index contributed by atoms with van der Waals surface area (Å²) in [6.45, 7) is 3.73. The molecule has 2 N–H and O–H groups in total. The average molecular weight is 426 g/mol. The van der Waals surface area contributed by atoms with E-state index in [4.69, 9.17) is 16.6 Å². The van der Waals surface area contributed by atoms with Gasteiger partial charge < -0.3 is 9.73 Å². The zero-order chi connectivity index (χ0) is 21.1. The van der Waals surface area contributed by atoms with Crippen LogP contribution in [-0.2, 0) is 0 Å². The summed E-state index contributed by atoms with van der Waals surface area (Å²) in [5, 5.41) is 26.3. The van der Waals surface area contributed by atoms with Gasteiger partial charge in [-0.15, -0.1) is 11.3 Å². The molecule has 3 rings (SSSR count). The molecule has 0 aliphatic carbocycles. The Kier molecular flexibility index (Phi) is 5.72. The van der Waals surface area contributed by atoms with Crippen LogP contribution in [0.4, 0.5) is 10.7 Å². The molecule has 0 spiro atoms. The van der Waals surface area contributed by atoms with Crippen LogP contribution in [0.2, 0.25) is 0 Å². The van der Waals surface area contributed by atoms with E-state index in [-0.39, 0.29) is 27.9 Å². The average Bonchev–Trinajstić information content (AvgIpc) is 3.27.